The number of piperidine rings is 1. The molecule has 1 saturated heterocycles. The van der Waals surface area contributed by atoms with Crippen molar-refractivity contribution in [2.75, 3.05) is 25.0 Å². The van der Waals surface area contributed by atoms with E-state index in [0.29, 0.717) is 5.69 Å². The summed E-state index contributed by atoms with van der Waals surface area (Å²) < 4.78 is 27.1. The van der Waals surface area contributed by atoms with Crippen LogP contribution in [0.1, 0.15) is 28.8 Å². The Bertz CT molecular complexity index is 966. The summed E-state index contributed by atoms with van der Waals surface area (Å²) in [7, 11) is -3.80. The highest BCUT2D eigenvalue weighted by Gasteiger charge is 2.36. The standard InChI is InChI=1S/C20H24N2O5S/c1-15-4-2-6-17(12-15)21-19(24)16-5-3-7-18(13-16)28(26,27)22-10-8-20(25,14-23)9-11-22/h2-7,12-13,23,25H,8-11,14H2,1H3,(H,21,24). The summed E-state index contributed by atoms with van der Waals surface area (Å²) in [6.45, 7) is 1.74. The lowest BCUT2D eigenvalue weighted by atomic mass is 9.94. The summed E-state index contributed by atoms with van der Waals surface area (Å²) in [5, 5.41) is 22.1. The molecule has 7 nitrogen and oxygen atoms in total. The lowest BCUT2D eigenvalue weighted by Crippen LogP contribution is -2.48. The van der Waals surface area contributed by atoms with E-state index in [1.165, 1.54) is 22.5 Å². The number of nitrogens with zero attached hydrogens (tertiary/aromatic N) is 1. The van der Waals surface area contributed by atoms with Gasteiger partial charge in [0, 0.05) is 24.3 Å². The number of carbonyl (C=O) groups excluding carboxylic acids is 1. The molecule has 1 heterocycles. The summed E-state index contributed by atoms with van der Waals surface area (Å²) in [5.41, 5.74) is 0.646. The largest absolute Gasteiger partial charge is 0.393 e. The smallest absolute Gasteiger partial charge is 0.255 e. The number of aryl methyl sites for hydroxylation is 1. The van der Waals surface area contributed by atoms with Gasteiger partial charge in [0.25, 0.3) is 5.91 Å². The molecule has 150 valence electrons. The minimum atomic E-state index is -3.80. The SMILES string of the molecule is Cc1cccc(NC(=O)c2cccc(S(=O)(=O)N3CCC(O)(CO)CC3)c2)c1. The molecular formula is C20H24N2O5S. The molecule has 0 unspecified atom stereocenters. The first-order valence-corrected chi connectivity index (χ1v) is 10.5. The van der Waals surface area contributed by atoms with Gasteiger partial charge in [0.15, 0.2) is 0 Å². The number of aliphatic hydroxyl groups excluding tert-OH is 1. The lowest BCUT2D eigenvalue weighted by molar-refractivity contribution is -0.0480. The quantitative estimate of drug-likeness (QED) is 0.704. The van der Waals surface area contributed by atoms with Crippen molar-refractivity contribution in [1.29, 1.82) is 0 Å². The maximum absolute atomic E-state index is 12.9. The van der Waals surface area contributed by atoms with Gasteiger partial charge in [-0.05, 0) is 55.7 Å². The molecule has 0 atom stereocenters. The highest BCUT2D eigenvalue weighted by molar-refractivity contribution is 7.89. The minimum absolute atomic E-state index is 0.0267. The van der Waals surface area contributed by atoms with Crippen molar-refractivity contribution < 1.29 is 23.4 Å². The maximum atomic E-state index is 12.9. The van der Waals surface area contributed by atoms with Gasteiger partial charge in [0.05, 0.1) is 17.1 Å². The number of nitrogens with one attached hydrogen (secondary N) is 1. The van der Waals surface area contributed by atoms with E-state index < -0.39 is 28.1 Å². The number of carbonyl (C=O) groups is 1. The Labute approximate surface area is 164 Å². The fourth-order valence-electron chi connectivity index (χ4n) is 3.17. The summed E-state index contributed by atoms with van der Waals surface area (Å²) in [5.74, 6) is -0.393. The van der Waals surface area contributed by atoms with Crippen molar-refractivity contribution in [1.82, 2.24) is 4.31 Å². The first-order valence-electron chi connectivity index (χ1n) is 9.05. The topological polar surface area (TPSA) is 107 Å². The molecule has 1 aliphatic rings. The van der Waals surface area contributed by atoms with Gasteiger partial charge < -0.3 is 15.5 Å². The molecular weight excluding hydrogens is 380 g/mol. The van der Waals surface area contributed by atoms with E-state index in [1.807, 2.05) is 25.1 Å². The molecule has 0 radical (unpaired) electrons. The van der Waals surface area contributed by atoms with Crippen LogP contribution in [0.2, 0.25) is 0 Å². The predicted octanol–water partition coefficient (Wildman–Crippen LogP) is 1.76. The molecule has 0 spiro atoms. The molecule has 8 heteroatoms. The van der Waals surface area contributed by atoms with E-state index in [9.17, 15) is 23.4 Å². The van der Waals surface area contributed by atoms with Crippen LogP contribution >= 0.6 is 0 Å². The Balaban J connectivity index is 1.78. The van der Waals surface area contributed by atoms with Crippen LogP contribution in [0.5, 0.6) is 0 Å². The zero-order valence-corrected chi connectivity index (χ0v) is 16.4. The Morgan fingerprint density at radius 2 is 1.82 bits per heavy atom. The van der Waals surface area contributed by atoms with Crippen molar-refractivity contribution in [3.05, 3.63) is 59.7 Å². The first kappa shape index (κ1) is 20.5. The van der Waals surface area contributed by atoms with Gasteiger partial charge in [0.2, 0.25) is 10.0 Å². The second kappa shape index (κ2) is 8.00. The lowest BCUT2D eigenvalue weighted by Gasteiger charge is -2.36. The predicted molar refractivity (Wildman–Crippen MR) is 106 cm³/mol. The van der Waals surface area contributed by atoms with E-state index in [1.54, 1.807) is 12.1 Å². The average Bonchev–Trinajstić information content (AvgIpc) is 2.68. The van der Waals surface area contributed by atoms with Crippen molar-refractivity contribution in [3.8, 4) is 0 Å². The van der Waals surface area contributed by atoms with Crippen LogP contribution in [0.4, 0.5) is 5.69 Å². The molecule has 2 aromatic rings. The number of anilines is 1. The molecule has 3 N–H and O–H groups in total. The third kappa shape index (κ3) is 4.41. The number of rotatable bonds is 5. The number of hydrogen-bond acceptors (Lipinski definition) is 5. The van der Waals surface area contributed by atoms with Crippen LogP contribution in [0.25, 0.3) is 0 Å². The monoisotopic (exact) mass is 404 g/mol. The zero-order chi connectivity index (χ0) is 20.4. The Morgan fingerprint density at radius 3 is 2.46 bits per heavy atom. The fourth-order valence-corrected chi connectivity index (χ4v) is 4.66. The first-order chi connectivity index (χ1) is 13.2. The molecule has 1 fully saturated rings. The fraction of sp³-hybridized carbons (Fsp3) is 0.350. The molecule has 1 aliphatic heterocycles. The summed E-state index contributed by atoms with van der Waals surface area (Å²) in [6, 6.07) is 13.2. The van der Waals surface area contributed by atoms with Gasteiger partial charge in [-0.2, -0.15) is 4.31 Å². The second-order valence-electron chi connectivity index (χ2n) is 7.14. The third-order valence-corrected chi connectivity index (χ3v) is 6.85. The molecule has 0 saturated carbocycles. The number of amides is 1. The molecule has 3 rings (SSSR count). The van der Waals surface area contributed by atoms with E-state index in [-0.39, 0.29) is 36.4 Å². The third-order valence-electron chi connectivity index (χ3n) is 4.96. The van der Waals surface area contributed by atoms with E-state index >= 15 is 0 Å². The highest BCUT2D eigenvalue weighted by atomic mass is 32.2. The van der Waals surface area contributed by atoms with E-state index in [0.717, 1.165) is 5.56 Å². The van der Waals surface area contributed by atoms with Crippen LogP contribution in [0, 0.1) is 6.92 Å². The van der Waals surface area contributed by atoms with Gasteiger partial charge in [-0.15, -0.1) is 0 Å². The Morgan fingerprint density at radius 1 is 1.14 bits per heavy atom. The number of sulfonamides is 1. The zero-order valence-electron chi connectivity index (χ0n) is 15.6. The molecule has 2 aromatic carbocycles. The molecule has 28 heavy (non-hydrogen) atoms. The average molecular weight is 404 g/mol. The van der Waals surface area contributed by atoms with Crippen molar-refractivity contribution in [2.24, 2.45) is 0 Å². The van der Waals surface area contributed by atoms with Gasteiger partial charge in [0.1, 0.15) is 0 Å². The number of hydrogen-bond donors (Lipinski definition) is 3. The minimum Gasteiger partial charge on any atom is -0.393 e. The van der Waals surface area contributed by atoms with Crippen LogP contribution in [-0.4, -0.2) is 54.1 Å². The normalized spacial score (nSPS) is 17.2. The highest BCUT2D eigenvalue weighted by Crippen LogP contribution is 2.27. The van der Waals surface area contributed by atoms with Gasteiger partial charge in [-0.25, -0.2) is 8.42 Å². The number of benzene rings is 2. The summed E-state index contributed by atoms with van der Waals surface area (Å²) >= 11 is 0. The van der Waals surface area contributed by atoms with Crippen LogP contribution in [0.3, 0.4) is 0 Å². The molecule has 0 bridgehead atoms. The molecule has 0 aromatic heterocycles. The van der Waals surface area contributed by atoms with Crippen LogP contribution in [0.15, 0.2) is 53.4 Å². The van der Waals surface area contributed by atoms with Crippen molar-refractivity contribution in [2.45, 2.75) is 30.3 Å². The Kier molecular flexibility index (Phi) is 5.85. The Hall–Kier alpha value is -2.26. The van der Waals surface area contributed by atoms with Crippen molar-refractivity contribution in [3.63, 3.8) is 0 Å². The molecule has 1 amide bonds. The van der Waals surface area contributed by atoms with E-state index in [2.05, 4.69) is 5.32 Å². The van der Waals surface area contributed by atoms with E-state index in [4.69, 9.17) is 0 Å². The molecule has 0 aliphatic carbocycles. The van der Waals surface area contributed by atoms with Crippen LogP contribution < -0.4 is 5.32 Å². The van der Waals surface area contributed by atoms with Gasteiger partial charge >= 0.3 is 0 Å². The van der Waals surface area contributed by atoms with Crippen molar-refractivity contribution >= 4 is 21.6 Å². The summed E-state index contributed by atoms with van der Waals surface area (Å²) in [4.78, 5) is 12.6. The van der Waals surface area contributed by atoms with Gasteiger partial charge in [-0.1, -0.05) is 18.2 Å². The second-order valence-corrected chi connectivity index (χ2v) is 9.08. The van der Waals surface area contributed by atoms with Gasteiger partial charge in [-0.3, -0.25) is 4.79 Å². The number of aliphatic hydroxyl groups is 2. The maximum Gasteiger partial charge on any atom is 0.255 e. The summed E-state index contributed by atoms with van der Waals surface area (Å²) in [6.07, 6.45) is 0.326. The van der Waals surface area contributed by atoms with Crippen LogP contribution in [-0.2, 0) is 10.0 Å².